The second kappa shape index (κ2) is 6.20. The summed E-state index contributed by atoms with van der Waals surface area (Å²) in [5.41, 5.74) is 2.70. The number of nitrogens with zero attached hydrogens (tertiary/aromatic N) is 1. The normalized spacial score (nSPS) is 15.5. The molecule has 0 aromatic heterocycles. The maximum Gasteiger partial charge on any atom is 0.335 e. The highest BCUT2D eigenvalue weighted by molar-refractivity contribution is 5.87. The Bertz CT molecular complexity index is 452. The molecule has 0 spiro atoms. The molecule has 1 fully saturated rings. The van der Waals surface area contributed by atoms with Crippen molar-refractivity contribution in [2.75, 3.05) is 13.1 Å². The van der Waals surface area contributed by atoms with Gasteiger partial charge in [0.15, 0.2) is 0 Å². The van der Waals surface area contributed by atoms with Gasteiger partial charge in [0.2, 0.25) is 0 Å². The first-order valence-electron chi connectivity index (χ1n) is 7.15. The first-order chi connectivity index (χ1) is 9.10. The summed E-state index contributed by atoms with van der Waals surface area (Å²) in [6, 6.07) is 5.44. The zero-order valence-electron chi connectivity index (χ0n) is 11.9. The van der Waals surface area contributed by atoms with Crippen LogP contribution in [0.2, 0.25) is 0 Å². The molecule has 1 saturated carbocycles. The molecule has 0 unspecified atom stereocenters. The Morgan fingerprint density at radius 2 is 2.16 bits per heavy atom. The number of benzene rings is 1. The Balaban J connectivity index is 2.01. The number of carboxylic acid groups (broad SMARTS) is 1. The van der Waals surface area contributed by atoms with E-state index in [1.807, 2.05) is 13.0 Å². The first-order valence-corrected chi connectivity index (χ1v) is 7.15. The lowest BCUT2D eigenvalue weighted by molar-refractivity contribution is 0.0696. The fourth-order valence-corrected chi connectivity index (χ4v) is 2.59. The third-order valence-corrected chi connectivity index (χ3v) is 4.17. The summed E-state index contributed by atoms with van der Waals surface area (Å²) in [6.07, 6.45) is 4.12. The minimum Gasteiger partial charge on any atom is -0.478 e. The van der Waals surface area contributed by atoms with E-state index in [9.17, 15) is 4.79 Å². The van der Waals surface area contributed by atoms with E-state index in [1.165, 1.54) is 31.4 Å². The van der Waals surface area contributed by atoms with Crippen LogP contribution in [0.3, 0.4) is 0 Å². The highest BCUT2D eigenvalue weighted by Gasteiger charge is 2.20. The number of aromatic carboxylic acids is 1. The molecule has 1 aliphatic carbocycles. The fraction of sp³-hybridized carbons (Fsp3) is 0.562. The maximum absolute atomic E-state index is 10.9. The van der Waals surface area contributed by atoms with Crippen LogP contribution in [0.25, 0.3) is 0 Å². The second-order valence-electron chi connectivity index (χ2n) is 5.57. The molecule has 0 radical (unpaired) electrons. The minimum absolute atomic E-state index is 0.378. The summed E-state index contributed by atoms with van der Waals surface area (Å²) in [5.74, 6) is 0.0232. The van der Waals surface area contributed by atoms with E-state index in [-0.39, 0.29) is 0 Å². The molecule has 19 heavy (non-hydrogen) atoms. The monoisotopic (exact) mass is 261 g/mol. The molecule has 0 bridgehead atoms. The van der Waals surface area contributed by atoms with Gasteiger partial charge in [-0.05, 0) is 55.5 Å². The summed E-state index contributed by atoms with van der Waals surface area (Å²) in [5, 5.41) is 8.98. The van der Waals surface area contributed by atoms with Crippen molar-refractivity contribution >= 4 is 5.97 Å². The predicted molar refractivity (Wildman–Crippen MR) is 76.4 cm³/mol. The van der Waals surface area contributed by atoms with E-state index in [1.54, 1.807) is 12.1 Å². The van der Waals surface area contributed by atoms with Crippen LogP contribution in [0.5, 0.6) is 0 Å². The van der Waals surface area contributed by atoms with Gasteiger partial charge in [-0.25, -0.2) is 4.79 Å². The highest BCUT2D eigenvalue weighted by atomic mass is 16.4. The first kappa shape index (κ1) is 14.1. The summed E-state index contributed by atoms with van der Waals surface area (Å²) in [7, 11) is 0. The van der Waals surface area contributed by atoms with Gasteiger partial charge in [-0.2, -0.15) is 0 Å². The van der Waals surface area contributed by atoms with Gasteiger partial charge in [0.05, 0.1) is 5.56 Å². The Morgan fingerprint density at radius 3 is 2.63 bits per heavy atom. The smallest absolute Gasteiger partial charge is 0.335 e. The Labute approximate surface area is 115 Å². The molecule has 0 atom stereocenters. The molecular formula is C16H23NO2. The van der Waals surface area contributed by atoms with Crippen LogP contribution in [0.1, 0.15) is 47.7 Å². The van der Waals surface area contributed by atoms with Crippen molar-refractivity contribution in [1.29, 1.82) is 0 Å². The molecular weight excluding hydrogens is 238 g/mol. The number of carbonyl (C=O) groups is 1. The van der Waals surface area contributed by atoms with Gasteiger partial charge in [-0.1, -0.05) is 19.4 Å². The molecule has 0 saturated heterocycles. The van der Waals surface area contributed by atoms with Crippen LogP contribution in [0.4, 0.5) is 0 Å². The summed E-state index contributed by atoms with van der Waals surface area (Å²) < 4.78 is 0. The van der Waals surface area contributed by atoms with E-state index < -0.39 is 5.97 Å². The molecule has 0 heterocycles. The largest absolute Gasteiger partial charge is 0.478 e. The third kappa shape index (κ3) is 3.57. The molecule has 0 aliphatic heterocycles. The number of aryl methyl sites for hydroxylation is 1. The zero-order valence-corrected chi connectivity index (χ0v) is 11.9. The summed E-state index contributed by atoms with van der Waals surface area (Å²) >= 11 is 0. The van der Waals surface area contributed by atoms with Gasteiger partial charge in [-0.15, -0.1) is 0 Å². The summed E-state index contributed by atoms with van der Waals surface area (Å²) in [6.45, 7) is 7.35. The van der Waals surface area contributed by atoms with Crippen LogP contribution in [0.15, 0.2) is 18.2 Å². The molecule has 2 rings (SSSR count). The van der Waals surface area contributed by atoms with Crippen LogP contribution in [0, 0.1) is 12.8 Å². The van der Waals surface area contributed by atoms with E-state index >= 15 is 0 Å². The second-order valence-corrected chi connectivity index (χ2v) is 5.57. The number of carboxylic acids is 1. The standard InChI is InChI=1S/C16H23NO2/c1-3-17(10-13-5-4-6-13)11-15-8-7-14(16(18)19)9-12(15)2/h7-9,13H,3-6,10-11H2,1-2H3,(H,18,19). The van der Waals surface area contributed by atoms with E-state index in [4.69, 9.17) is 5.11 Å². The Kier molecular flexibility index (Phi) is 4.59. The van der Waals surface area contributed by atoms with Crippen molar-refractivity contribution in [2.24, 2.45) is 5.92 Å². The van der Waals surface area contributed by atoms with Crippen molar-refractivity contribution in [1.82, 2.24) is 4.90 Å². The molecule has 104 valence electrons. The predicted octanol–water partition coefficient (Wildman–Crippen LogP) is 3.32. The molecule has 1 aromatic carbocycles. The van der Waals surface area contributed by atoms with Crippen LogP contribution in [-0.4, -0.2) is 29.1 Å². The summed E-state index contributed by atoms with van der Waals surface area (Å²) in [4.78, 5) is 13.4. The lowest BCUT2D eigenvalue weighted by atomic mass is 9.85. The minimum atomic E-state index is -0.850. The quantitative estimate of drug-likeness (QED) is 0.854. The van der Waals surface area contributed by atoms with Gasteiger partial charge >= 0.3 is 5.97 Å². The average Bonchev–Trinajstić information content (AvgIpc) is 2.33. The van der Waals surface area contributed by atoms with Crippen LogP contribution >= 0.6 is 0 Å². The molecule has 0 amide bonds. The van der Waals surface area contributed by atoms with E-state index in [2.05, 4.69) is 11.8 Å². The lowest BCUT2D eigenvalue weighted by Gasteiger charge is -2.32. The zero-order chi connectivity index (χ0) is 13.8. The van der Waals surface area contributed by atoms with Gasteiger partial charge in [0, 0.05) is 13.1 Å². The van der Waals surface area contributed by atoms with Gasteiger partial charge in [0.1, 0.15) is 0 Å². The van der Waals surface area contributed by atoms with E-state index in [0.717, 1.165) is 24.6 Å². The Morgan fingerprint density at radius 1 is 1.42 bits per heavy atom. The SMILES string of the molecule is CCN(Cc1ccc(C(=O)O)cc1C)CC1CCC1. The number of hydrogen-bond donors (Lipinski definition) is 1. The molecule has 1 aromatic rings. The Hall–Kier alpha value is -1.35. The van der Waals surface area contributed by atoms with Crippen molar-refractivity contribution in [3.8, 4) is 0 Å². The van der Waals surface area contributed by atoms with Crippen molar-refractivity contribution in [2.45, 2.75) is 39.7 Å². The molecule has 1 aliphatic rings. The molecule has 3 nitrogen and oxygen atoms in total. The average molecular weight is 261 g/mol. The van der Waals surface area contributed by atoms with Gasteiger partial charge < -0.3 is 5.11 Å². The van der Waals surface area contributed by atoms with Crippen molar-refractivity contribution < 1.29 is 9.90 Å². The molecule has 3 heteroatoms. The van der Waals surface area contributed by atoms with Crippen LogP contribution < -0.4 is 0 Å². The lowest BCUT2D eigenvalue weighted by Crippen LogP contribution is -2.32. The highest BCUT2D eigenvalue weighted by Crippen LogP contribution is 2.27. The van der Waals surface area contributed by atoms with Crippen molar-refractivity contribution in [3.63, 3.8) is 0 Å². The van der Waals surface area contributed by atoms with Gasteiger partial charge in [-0.3, -0.25) is 4.90 Å². The number of rotatable bonds is 6. The topological polar surface area (TPSA) is 40.5 Å². The fourth-order valence-electron chi connectivity index (χ4n) is 2.59. The van der Waals surface area contributed by atoms with Crippen molar-refractivity contribution in [3.05, 3.63) is 34.9 Å². The van der Waals surface area contributed by atoms with Crippen LogP contribution in [-0.2, 0) is 6.54 Å². The van der Waals surface area contributed by atoms with E-state index in [0.29, 0.717) is 5.56 Å². The van der Waals surface area contributed by atoms with Gasteiger partial charge in [0.25, 0.3) is 0 Å². The third-order valence-electron chi connectivity index (χ3n) is 4.17. The number of hydrogen-bond acceptors (Lipinski definition) is 2. The molecule has 1 N–H and O–H groups in total. The maximum atomic E-state index is 10.9.